The third-order valence-electron chi connectivity index (χ3n) is 8.49. The van der Waals surface area contributed by atoms with Crippen LogP contribution in [0.1, 0.15) is 52.4 Å². The number of aliphatic hydroxyl groups excluding tert-OH is 5. The lowest BCUT2D eigenvalue weighted by atomic mass is 9.85. The number of fused-ring (bicyclic) bond motifs is 1. The first kappa shape index (κ1) is 28.1. The molecule has 0 aromatic heterocycles. The number of ether oxygens (including phenoxy) is 7. The van der Waals surface area contributed by atoms with Crippen molar-refractivity contribution in [1.82, 2.24) is 0 Å². The maximum absolute atomic E-state index is 11.0. The fourth-order valence-electron chi connectivity index (χ4n) is 6.11. The fourth-order valence-corrected chi connectivity index (χ4v) is 6.11. The van der Waals surface area contributed by atoms with E-state index in [-0.39, 0.29) is 5.92 Å². The van der Waals surface area contributed by atoms with E-state index in [1.165, 1.54) is 0 Å². The molecule has 4 aliphatic heterocycles. The van der Waals surface area contributed by atoms with Crippen molar-refractivity contribution >= 4 is 0 Å². The summed E-state index contributed by atoms with van der Waals surface area (Å²) in [7, 11) is 0. The molecule has 0 bridgehead atoms. The van der Waals surface area contributed by atoms with Crippen molar-refractivity contribution in [1.29, 1.82) is 0 Å². The molecular weight excluding hydrogens is 492 g/mol. The number of hydrogen-bond acceptors (Lipinski definition) is 12. The van der Waals surface area contributed by atoms with E-state index >= 15 is 0 Å². The normalized spacial score (nSPS) is 53.1. The summed E-state index contributed by atoms with van der Waals surface area (Å²) in [4.78, 5) is 0. The van der Waals surface area contributed by atoms with Crippen molar-refractivity contribution in [2.45, 2.75) is 132 Å². The fraction of sp³-hybridized carbons (Fsp3) is 1.00. The van der Waals surface area contributed by atoms with E-state index in [1.54, 1.807) is 6.92 Å². The van der Waals surface area contributed by atoms with Crippen molar-refractivity contribution in [3.63, 3.8) is 0 Å². The van der Waals surface area contributed by atoms with Crippen molar-refractivity contribution in [3.05, 3.63) is 0 Å². The van der Waals surface area contributed by atoms with Gasteiger partial charge in [0.25, 0.3) is 0 Å². The molecule has 4 heterocycles. The van der Waals surface area contributed by atoms with Gasteiger partial charge in [0.2, 0.25) is 0 Å². The molecule has 12 nitrogen and oxygen atoms in total. The van der Waals surface area contributed by atoms with E-state index in [4.69, 9.17) is 33.2 Å². The van der Waals surface area contributed by atoms with Gasteiger partial charge in [0.15, 0.2) is 18.4 Å². The summed E-state index contributed by atoms with van der Waals surface area (Å²) < 4.78 is 42.5. The van der Waals surface area contributed by atoms with Gasteiger partial charge >= 0.3 is 0 Å². The number of aliphatic hydroxyl groups is 5. The summed E-state index contributed by atoms with van der Waals surface area (Å²) in [5.74, 6) is -0.731. The maximum atomic E-state index is 11.0. The molecule has 14 unspecified atom stereocenters. The molecule has 12 heteroatoms. The van der Waals surface area contributed by atoms with Gasteiger partial charge in [-0.3, -0.25) is 0 Å². The van der Waals surface area contributed by atoms with Crippen molar-refractivity contribution in [2.75, 3.05) is 19.8 Å². The molecule has 4 saturated heterocycles. The Morgan fingerprint density at radius 3 is 2.30 bits per heavy atom. The lowest BCUT2D eigenvalue weighted by Gasteiger charge is -2.52. The number of rotatable bonds is 5. The van der Waals surface area contributed by atoms with Crippen LogP contribution in [0, 0.1) is 5.92 Å². The van der Waals surface area contributed by atoms with Crippen LogP contribution in [0.15, 0.2) is 0 Å². The molecule has 5 aliphatic rings. The predicted octanol–water partition coefficient (Wildman–Crippen LogP) is -0.837. The van der Waals surface area contributed by atoms with Crippen molar-refractivity contribution < 1.29 is 58.7 Å². The first-order chi connectivity index (χ1) is 17.7. The van der Waals surface area contributed by atoms with Gasteiger partial charge in [-0.15, -0.1) is 0 Å². The Kier molecular flexibility index (Phi) is 8.77. The van der Waals surface area contributed by atoms with Crippen LogP contribution in [-0.4, -0.2) is 125 Å². The van der Waals surface area contributed by atoms with Crippen molar-refractivity contribution in [2.24, 2.45) is 5.92 Å². The first-order valence-corrected chi connectivity index (χ1v) is 13.6. The molecule has 37 heavy (non-hydrogen) atoms. The zero-order chi connectivity index (χ0) is 26.3. The Hall–Kier alpha value is -0.480. The number of hydrogen-bond donors (Lipinski definition) is 5. The first-order valence-electron chi connectivity index (χ1n) is 13.6. The van der Waals surface area contributed by atoms with Crippen LogP contribution in [0.2, 0.25) is 0 Å². The zero-order valence-corrected chi connectivity index (χ0v) is 21.5. The minimum absolute atomic E-state index is 0.0358. The van der Waals surface area contributed by atoms with Gasteiger partial charge in [0.1, 0.15) is 42.7 Å². The monoisotopic (exact) mass is 534 g/mol. The molecule has 0 aromatic rings. The van der Waals surface area contributed by atoms with Crippen LogP contribution >= 0.6 is 0 Å². The molecule has 214 valence electrons. The Balaban J connectivity index is 1.33. The smallest absolute Gasteiger partial charge is 0.187 e. The average Bonchev–Trinajstić information content (AvgIpc) is 2.84. The van der Waals surface area contributed by atoms with E-state index in [9.17, 15) is 25.5 Å². The van der Waals surface area contributed by atoms with Crippen LogP contribution in [0.25, 0.3) is 0 Å². The average molecular weight is 535 g/mol. The molecule has 0 radical (unpaired) electrons. The van der Waals surface area contributed by atoms with Gasteiger partial charge in [-0.05, 0) is 32.1 Å². The summed E-state index contributed by atoms with van der Waals surface area (Å²) >= 11 is 0. The van der Waals surface area contributed by atoms with Gasteiger partial charge in [0.05, 0.1) is 31.5 Å². The van der Waals surface area contributed by atoms with Gasteiger partial charge in [-0.2, -0.15) is 0 Å². The van der Waals surface area contributed by atoms with Crippen LogP contribution < -0.4 is 0 Å². The van der Waals surface area contributed by atoms with Crippen molar-refractivity contribution in [3.8, 4) is 0 Å². The summed E-state index contributed by atoms with van der Waals surface area (Å²) in [5.41, 5.74) is 0. The second-order valence-corrected chi connectivity index (χ2v) is 11.1. The summed E-state index contributed by atoms with van der Waals surface area (Å²) in [6, 6.07) is 0. The third kappa shape index (κ3) is 5.59. The van der Waals surface area contributed by atoms with E-state index in [1.807, 2.05) is 6.92 Å². The quantitative estimate of drug-likeness (QED) is 0.297. The van der Waals surface area contributed by atoms with Gasteiger partial charge in [-0.25, -0.2) is 0 Å². The molecular formula is C25H42O12. The lowest BCUT2D eigenvalue weighted by molar-refractivity contribution is -0.399. The highest BCUT2D eigenvalue weighted by molar-refractivity contribution is 4.96. The maximum Gasteiger partial charge on any atom is 0.187 e. The van der Waals surface area contributed by atoms with Crippen LogP contribution in [0.3, 0.4) is 0 Å². The molecule has 5 fully saturated rings. The minimum Gasteiger partial charge on any atom is -0.394 e. The van der Waals surface area contributed by atoms with E-state index in [0.29, 0.717) is 32.5 Å². The molecule has 0 amide bonds. The largest absolute Gasteiger partial charge is 0.394 e. The molecule has 14 atom stereocenters. The third-order valence-corrected chi connectivity index (χ3v) is 8.49. The standard InChI is InChI=1S/C25H42O12/c1-12-5-3-6-14(20(12)36-23-19(30)18(29)16(27)13(2)33-23)34-24-22-21(17(28)15(11-26)35-24)37-25(8-10-32-25)7-4-9-31-22/h12-24,26-30H,3-11H2,1-2H3. The van der Waals surface area contributed by atoms with Crippen LogP contribution in [-0.2, 0) is 33.2 Å². The lowest BCUT2D eigenvalue weighted by Crippen LogP contribution is -2.66. The second-order valence-electron chi connectivity index (χ2n) is 11.1. The Morgan fingerprint density at radius 1 is 0.811 bits per heavy atom. The highest BCUT2D eigenvalue weighted by Gasteiger charge is 2.54. The van der Waals surface area contributed by atoms with Crippen LogP contribution in [0.5, 0.6) is 0 Å². The van der Waals surface area contributed by atoms with Gasteiger partial charge in [-0.1, -0.05) is 13.3 Å². The SMILES string of the molecule is CC1CCCC(OC2OC(CO)C(O)C3OC4(CCCOC23)CCO4)C1OC1OC(C)C(O)C(O)C1O. The van der Waals surface area contributed by atoms with E-state index in [2.05, 4.69) is 0 Å². The van der Waals surface area contributed by atoms with E-state index in [0.717, 1.165) is 19.3 Å². The molecule has 5 N–H and O–H groups in total. The van der Waals surface area contributed by atoms with Gasteiger partial charge in [0, 0.05) is 19.4 Å². The van der Waals surface area contributed by atoms with E-state index < -0.39 is 86.0 Å². The van der Waals surface area contributed by atoms with Gasteiger partial charge < -0.3 is 58.7 Å². The summed E-state index contributed by atoms with van der Waals surface area (Å²) in [6.45, 7) is 4.20. The molecule has 1 spiro atoms. The molecule has 5 rings (SSSR count). The summed E-state index contributed by atoms with van der Waals surface area (Å²) in [6.07, 6.45) is -7.06. The Bertz CT molecular complexity index is 751. The Labute approximate surface area is 216 Å². The van der Waals surface area contributed by atoms with Crippen LogP contribution in [0.4, 0.5) is 0 Å². The molecule has 0 aromatic carbocycles. The molecule has 1 saturated carbocycles. The highest BCUT2D eigenvalue weighted by Crippen LogP contribution is 2.41. The minimum atomic E-state index is -1.42. The zero-order valence-electron chi connectivity index (χ0n) is 21.5. The summed E-state index contributed by atoms with van der Waals surface area (Å²) in [5, 5.41) is 51.7. The predicted molar refractivity (Wildman–Crippen MR) is 124 cm³/mol. The second kappa shape index (κ2) is 11.6. The Morgan fingerprint density at radius 2 is 1.59 bits per heavy atom. The molecule has 1 aliphatic carbocycles. The highest BCUT2D eigenvalue weighted by atomic mass is 16.8. The topological polar surface area (TPSA) is 166 Å².